The smallest absolute Gasteiger partial charge is 0.326 e. The average molecular weight is 539 g/mol. The number of rotatable bonds is 8. The number of hydrogen-bond donors (Lipinski definition) is 3. The van der Waals surface area contributed by atoms with Crippen LogP contribution in [-0.2, 0) is 30.5 Å². The number of carbonyl (C=O) groups is 2. The highest BCUT2D eigenvalue weighted by atomic mass is 35.5. The number of amides is 1. The Morgan fingerprint density at radius 3 is 2.68 bits per heavy atom. The molecule has 2 aromatic carbocycles. The number of aliphatic carboxylic acids is 1. The molecule has 0 saturated carbocycles. The summed E-state index contributed by atoms with van der Waals surface area (Å²) in [6.07, 6.45) is 3.49. The first kappa shape index (κ1) is 25.0. The van der Waals surface area contributed by atoms with Crippen molar-refractivity contribution in [2.45, 2.75) is 38.1 Å². The molecule has 190 valence electrons. The quantitative estimate of drug-likeness (QED) is 0.285. The number of fused-ring (bicyclic) bond motifs is 2. The van der Waals surface area contributed by atoms with Gasteiger partial charge in [-0.1, -0.05) is 41.4 Å². The van der Waals surface area contributed by atoms with Gasteiger partial charge in [0.05, 0.1) is 15.6 Å². The monoisotopic (exact) mass is 538 g/mol. The van der Waals surface area contributed by atoms with Crippen molar-refractivity contribution in [1.29, 1.82) is 0 Å². The number of halogens is 2. The number of oxazole rings is 1. The van der Waals surface area contributed by atoms with Crippen LogP contribution in [0.25, 0.3) is 11.1 Å². The lowest BCUT2D eigenvalue weighted by molar-refractivity contribution is -0.139. The van der Waals surface area contributed by atoms with Crippen LogP contribution in [0.2, 0.25) is 10.0 Å². The highest BCUT2D eigenvalue weighted by Gasteiger charge is 2.24. The lowest BCUT2D eigenvalue weighted by Crippen LogP contribution is -2.42. The summed E-state index contributed by atoms with van der Waals surface area (Å²) >= 11 is 12.2. The molecule has 0 saturated heterocycles. The largest absolute Gasteiger partial charge is 0.480 e. The Morgan fingerprint density at radius 2 is 1.89 bits per heavy atom. The van der Waals surface area contributed by atoms with Crippen molar-refractivity contribution in [2.24, 2.45) is 0 Å². The molecule has 4 aromatic rings. The summed E-state index contributed by atoms with van der Waals surface area (Å²) in [7, 11) is 0. The molecule has 1 aliphatic rings. The summed E-state index contributed by atoms with van der Waals surface area (Å²) in [4.78, 5) is 33.9. The van der Waals surface area contributed by atoms with Crippen molar-refractivity contribution in [3.05, 3.63) is 86.9 Å². The molecular formula is C27H24Cl2N4O4. The van der Waals surface area contributed by atoms with E-state index in [1.54, 1.807) is 24.3 Å². The number of pyridine rings is 1. The number of carbonyl (C=O) groups excluding carboxylic acids is 1. The molecule has 0 unspecified atom stereocenters. The first-order chi connectivity index (χ1) is 17.9. The van der Waals surface area contributed by atoms with Gasteiger partial charge < -0.3 is 20.2 Å². The minimum absolute atomic E-state index is 0.0397. The SMILES string of the molecule is O=C(N[C@@H](Cc1ccc2oc(CCc3ccc4c(n3)NCCC4)nc2c1)C(=O)O)c1c(Cl)cccc1Cl. The van der Waals surface area contributed by atoms with Crippen LogP contribution in [0.5, 0.6) is 0 Å². The predicted octanol–water partition coefficient (Wildman–Crippen LogP) is 5.10. The third-order valence-corrected chi connectivity index (χ3v) is 6.91. The van der Waals surface area contributed by atoms with Crippen molar-refractivity contribution in [3.63, 3.8) is 0 Å². The Labute approximate surface area is 223 Å². The van der Waals surface area contributed by atoms with Crippen molar-refractivity contribution in [2.75, 3.05) is 11.9 Å². The fraction of sp³-hybridized carbons (Fsp3) is 0.259. The first-order valence-corrected chi connectivity index (χ1v) is 12.7. The maximum atomic E-state index is 12.7. The maximum absolute atomic E-state index is 12.7. The first-order valence-electron chi connectivity index (χ1n) is 12.0. The van der Waals surface area contributed by atoms with Gasteiger partial charge in [0, 0.05) is 25.1 Å². The Morgan fingerprint density at radius 1 is 1.08 bits per heavy atom. The van der Waals surface area contributed by atoms with Crippen LogP contribution >= 0.6 is 23.2 Å². The van der Waals surface area contributed by atoms with Crippen LogP contribution in [0.4, 0.5) is 5.82 Å². The average Bonchev–Trinajstić information content (AvgIpc) is 3.29. The van der Waals surface area contributed by atoms with Crippen molar-refractivity contribution in [1.82, 2.24) is 15.3 Å². The molecule has 0 bridgehead atoms. The molecule has 1 amide bonds. The van der Waals surface area contributed by atoms with E-state index in [-0.39, 0.29) is 22.0 Å². The molecule has 0 spiro atoms. The highest BCUT2D eigenvalue weighted by molar-refractivity contribution is 6.39. The fourth-order valence-corrected chi connectivity index (χ4v) is 4.95. The van der Waals surface area contributed by atoms with E-state index in [1.807, 2.05) is 6.07 Å². The standard InChI is InChI=1S/C27H24Cl2N4O4/c28-18-4-1-5-19(29)24(18)26(34)33-21(27(35)36)14-15-6-10-22-20(13-15)32-23(37-22)11-9-17-8-7-16-3-2-12-30-25(16)31-17/h1,4-8,10,13,21H,2-3,9,11-12,14H2,(H,30,31)(H,33,34)(H,35,36)/t21-/m0/s1. The lowest BCUT2D eigenvalue weighted by atomic mass is 10.0. The molecule has 10 heteroatoms. The minimum Gasteiger partial charge on any atom is -0.480 e. The van der Waals surface area contributed by atoms with Crippen LogP contribution in [0, 0.1) is 0 Å². The van der Waals surface area contributed by atoms with Gasteiger partial charge in [0.15, 0.2) is 11.5 Å². The zero-order valence-electron chi connectivity index (χ0n) is 19.8. The van der Waals surface area contributed by atoms with Gasteiger partial charge in [-0.25, -0.2) is 14.8 Å². The summed E-state index contributed by atoms with van der Waals surface area (Å²) in [5.74, 6) is -0.290. The van der Waals surface area contributed by atoms with Gasteiger partial charge in [-0.05, 0) is 60.7 Å². The Hall–Kier alpha value is -3.62. The van der Waals surface area contributed by atoms with E-state index >= 15 is 0 Å². The van der Waals surface area contributed by atoms with Gasteiger partial charge in [0.1, 0.15) is 17.4 Å². The molecule has 37 heavy (non-hydrogen) atoms. The van der Waals surface area contributed by atoms with Gasteiger partial charge in [-0.3, -0.25) is 4.79 Å². The third kappa shape index (κ3) is 5.70. The third-order valence-electron chi connectivity index (χ3n) is 6.28. The number of hydrogen-bond acceptors (Lipinski definition) is 6. The minimum atomic E-state index is -1.19. The van der Waals surface area contributed by atoms with E-state index in [9.17, 15) is 14.7 Å². The second kappa shape index (κ2) is 10.8. The van der Waals surface area contributed by atoms with Gasteiger partial charge in [-0.2, -0.15) is 0 Å². The van der Waals surface area contributed by atoms with E-state index in [0.717, 1.165) is 30.9 Å². The van der Waals surface area contributed by atoms with Gasteiger partial charge in [0.2, 0.25) is 0 Å². The normalized spacial score (nSPS) is 13.6. The van der Waals surface area contributed by atoms with Crippen LogP contribution in [0.3, 0.4) is 0 Å². The van der Waals surface area contributed by atoms with Gasteiger partial charge >= 0.3 is 5.97 Å². The van der Waals surface area contributed by atoms with E-state index < -0.39 is 17.9 Å². The summed E-state index contributed by atoms with van der Waals surface area (Å²) in [6.45, 7) is 0.942. The van der Waals surface area contributed by atoms with E-state index in [0.29, 0.717) is 35.4 Å². The van der Waals surface area contributed by atoms with Crippen molar-refractivity contribution < 1.29 is 19.1 Å². The van der Waals surface area contributed by atoms with Gasteiger partial charge in [-0.15, -0.1) is 0 Å². The topological polar surface area (TPSA) is 117 Å². The lowest BCUT2D eigenvalue weighted by Gasteiger charge is -2.17. The molecule has 2 aromatic heterocycles. The van der Waals surface area contributed by atoms with E-state index in [2.05, 4.69) is 21.7 Å². The number of nitrogens with zero attached hydrogens (tertiary/aromatic N) is 2. The number of anilines is 1. The second-order valence-corrected chi connectivity index (χ2v) is 9.73. The van der Waals surface area contributed by atoms with Crippen molar-refractivity contribution in [3.8, 4) is 0 Å². The number of benzene rings is 2. The molecule has 3 N–H and O–H groups in total. The van der Waals surface area contributed by atoms with Crippen molar-refractivity contribution >= 4 is 52.0 Å². The summed E-state index contributed by atoms with van der Waals surface area (Å²) in [5.41, 5.74) is 4.17. The number of carboxylic acids is 1. The molecule has 0 aliphatic carbocycles. The molecule has 5 rings (SSSR count). The molecule has 1 aliphatic heterocycles. The summed E-state index contributed by atoms with van der Waals surface area (Å²) < 4.78 is 5.89. The Bertz CT molecular complexity index is 1470. The van der Waals surface area contributed by atoms with E-state index in [1.165, 1.54) is 17.7 Å². The maximum Gasteiger partial charge on any atom is 0.326 e. The predicted molar refractivity (Wildman–Crippen MR) is 142 cm³/mol. The fourth-order valence-electron chi connectivity index (χ4n) is 4.38. The van der Waals surface area contributed by atoms with Gasteiger partial charge in [0.25, 0.3) is 5.91 Å². The molecule has 0 fully saturated rings. The highest BCUT2D eigenvalue weighted by Crippen LogP contribution is 2.25. The summed E-state index contributed by atoms with van der Waals surface area (Å²) in [5, 5.41) is 15.9. The molecular weight excluding hydrogens is 515 g/mol. The molecule has 0 radical (unpaired) electrons. The second-order valence-electron chi connectivity index (χ2n) is 8.92. The Balaban J connectivity index is 1.27. The summed E-state index contributed by atoms with van der Waals surface area (Å²) in [6, 6.07) is 12.9. The Kier molecular flexibility index (Phi) is 7.30. The van der Waals surface area contributed by atoms with Crippen LogP contribution in [-0.4, -0.2) is 39.5 Å². The zero-order valence-corrected chi connectivity index (χ0v) is 21.3. The van der Waals surface area contributed by atoms with Crippen LogP contribution < -0.4 is 10.6 Å². The number of carboxylic acid groups (broad SMARTS) is 1. The number of aromatic nitrogens is 2. The molecule has 1 atom stereocenters. The zero-order chi connectivity index (χ0) is 25.9. The number of nitrogens with one attached hydrogen (secondary N) is 2. The number of aryl methyl sites for hydroxylation is 3. The van der Waals surface area contributed by atoms with Crippen LogP contribution in [0.15, 0.2) is 52.9 Å². The molecule has 8 nitrogen and oxygen atoms in total. The van der Waals surface area contributed by atoms with E-state index in [4.69, 9.17) is 32.6 Å². The van der Waals surface area contributed by atoms with Crippen LogP contribution in [0.1, 0.15) is 39.5 Å². The molecule has 3 heterocycles.